The second kappa shape index (κ2) is 6.47. The number of nitrogens with zero attached hydrogens (tertiary/aromatic N) is 1. The first-order chi connectivity index (χ1) is 9.52. The highest BCUT2D eigenvalue weighted by atomic mass is 79.9. The van der Waals surface area contributed by atoms with Crippen LogP contribution in [0.15, 0.2) is 27.5 Å². The van der Waals surface area contributed by atoms with E-state index in [9.17, 15) is 9.18 Å². The van der Waals surface area contributed by atoms with Gasteiger partial charge in [0.1, 0.15) is 16.1 Å². The third kappa shape index (κ3) is 3.26. The van der Waals surface area contributed by atoms with E-state index in [0.717, 1.165) is 0 Å². The van der Waals surface area contributed by atoms with Gasteiger partial charge >= 0.3 is 0 Å². The second-order valence-corrected chi connectivity index (χ2v) is 5.30. The predicted octanol–water partition coefficient (Wildman–Crippen LogP) is 3.06. The van der Waals surface area contributed by atoms with Gasteiger partial charge in [-0.3, -0.25) is 4.79 Å². The molecule has 0 amide bonds. The SMILES string of the molecule is COCc1nc(Cc2cccc(Cl)c2F)[nH]c(=O)c1Br. The zero-order valence-electron chi connectivity index (χ0n) is 10.5. The number of aromatic amines is 1. The van der Waals surface area contributed by atoms with Crippen molar-refractivity contribution in [3.05, 3.63) is 60.9 Å². The number of H-pyrrole nitrogens is 1. The van der Waals surface area contributed by atoms with Gasteiger partial charge in [0.2, 0.25) is 0 Å². The van der Waals surface area contributed by atoms with Crippen LogP contribution in [0.5, 0.6) is 0 Å². The Kier molecular flexibility index (Phi) is 4.91. The molecule has 0 aliphatic carbocycles. The molecule has 1 heterocycles. The van der Waals surface area contributed by atoms with Crippen molar-refractivity contribution in [2.45, 2.75) is 13.0 Å². The molecule has 0 radical (unpaired) electrons. The molecular formula is C13H11BrClFN2O2. The van der Waals surface area contributed by atoms with Gasteiger partial charge in [-0.25, -0.2) is 9.37 Å². The first-order valence-corrected chi connectivity index (χ1v) is 6.89. The van der Waals surface area contributed by atoms with Crippen molar-refractivity contribution < 1.29 is 9.13 Å². The third-order valence-electron chi connectivity index (χ3n) is 2.65. The van der Waals surface area contributed by atoms with Crippen molar-refractivity contribution in [1.29, 1.82) is 0 Å². The van der Waals surface area contributed by atoms with E-state index in [1.165, 1.54) is 13.2 Å². The molecule has 2 aromatic rings. The maximum atomic E-state index is 13.8. The molecule has 0 aliphatic heterocycles. The molecule has 2 rings (SSSR count). The van der Waals surface area contributed by atoms with Crippen molar-refractivity contribution in [2.75, 3.05) is 7.11 Å². The maximum absolute atomic E-state index is 13.8. The Hall–Kier alpha value is -1.24. The molecule has 1 N–H and O–H groups in total. The van der Waals surface area contributed by atoms with E-state index in [-0.39, 0.29) is 23.6 Å². The highest BCUT2D eigenvalue weighted by molar-refractivity contribution is 9.10. The fourth-order valence-corrected chi connectivity index (χ4v) is 2.23. The number of hydrogen-bond acceptors (Lipinski definition) is 3. The third-order valence-corrected chi connectivity index (χ3v) is 3.76. The predicted molar refractivity (Wildman–Crippen MR) is 77.5 cm³/mol. The molecule has 4 nitrogen and oxygen atoms in total. The minimum Gasteiger partial charge on any atom is -0.378 e. The lowest BCUT2D eigenvalue weighted by atomic mass is 10.1. The summed E-state index contributed by atoms with van der Waals surface area (Å²) in [6.45, 7) is 0.190. The lowest BCUT2D eigenvalue weighted by Gasteiger charge is -2.07. The Bertz CT molecular complexity index is 691. The number of benzene rings is 1. The van der Waals surface area contributed by atoms with Crippen molar-refractivity contribution in [3.8, 4) is 0 Å². The summed E-state index contributed by atoms with van der Waals surface area (Å²) in [5.41, 5.74) is 0.504. The summed E-state index contributed by atoms with van der Waals surface area (Å²) in [4.78, 5) is 18.6. The van der Waals surface area contributed by atoms with Crippen molar-refractivity contribution in [1.82, 2.24) is 9.97 Å². The summed E-state index contributed by atoms with van der Waals surface area (Å²) in [5.74, 6) is -0.153. The zero-order chi connectivity index (χ0) is 14.7. The Morgan fingerprint density at radius 1 is 1.50 bits per heavy atom. The molecule has 0 saturated heterocycles. The quantitative estimate of drug-likeness (QED) is 0.910. The van der Waals surface area contributed by atoms with E-state index in [1.807, 2.05) is 0 Å². The van der Waals surface area contributed by atoms with Crippen molar-refractivity contribution >= 4 is 27.5 Å². The van der Waals surface area contributed by atoms with Crippen LogP contribution in [-0.2, 0) is 17.8 Å². The summed E-state index contributed by atoms with van der Waals surface area (Å²) in [7, 11) is 1.51. The molecule has 7 heteroatoms. The Morgan fingerprint density at radius 3 is 2.95 bits per heavy atom. The van der Waals surface area contributed by atoms with Gasteiger partial charge < -0.3 is 9.72 Å². The Morgan fingerprint density at radius 2 is 2.25 bits per heavy atom. The summed E-state index contributed by atoms with van der Waals surface area (Å²) >= 11 is 8.87. The fourth-order valence-electron chi connectivity index (χ4n) is 1.74. The van der Waals surface area contributed by atoms with Crippen LogP contribution < -0.4 is 5.56 Å². The molecule has 1 aromatic carbocycles. The molecule has 0 saturated carbocycles. The molecule has 1 aromatic heterocycles. The van der Waals surface area contributed by atoms with Gasteiger partial charge in [0.15, 0.2) is 0 Å². The number of halogens is 3. The minimum atomic E-state index is -0.506. The zero-order valence-corrected chi connectivity index (χ0v) is 12.9. The van der Waals surface area contributed by atoms with E-state index in [0.29, 0.717) is 21.6 Å². The van der Waals surface area contributed by atoms with Crippen LogP contribution in [0.3, 0.4) is 0 Å². The fraction of sp³-hybridized carbons (Fsp3) is 0.231. The first kappa shape index (κ1) is 15.2. The smallest absolute Gasteiger partial charge is 0.265 e. The average Bonchev–Trinajstić information content (AvgIpc) is 2.41. The summed E-state index contributed by atoms with van der Waals surface area (Å²) in [6, 6.07) is 4.71. The maximum Gasteiger partial charge on any atom is 0.265 e. The molecule has 0 bridgehead atoms. The van der Waals surface area contributed by atoms with Gasteiger partial charge in [-0.15, -0.1) is 0 Å². The monoisotopic (exact) mass is 360 g/mol. The number of methoxy groups -OCH3 is 1. The van der Waals surface area contributed by atoms with Gasteiger partial charge in [-0.1, -0.05) is 23.7 Å². The number of aromatic nitrogens is 2. The molecule has 0 unspecified atom stereocenters. The number of nitrogens with one attached hydrogen (secondary N) is 1. The van der Waals surface area contributed by atoms with Crippen LogP contribution in [0.4, 0.5) is 4.39 Å². The molecule has 0 atom stereocenters. The van der Waals surface area contributed by atoms with Gasteiger partial charge in [-0.05, 0) is 27.6 Å². The number of hydrogen-bond donors (Lipinski definition) is 1. The summed E-state index contributed by atoms with van der Waals surface area (Å²) in [6.07, 6.45) is 0.144. The summed E-state index contributed by atoms with van der Waals surface area (Å²) < 4.78 is 19.1. The molecule has 106 valence electrons. The van der Waals surface area contributed by atoms with Gasteiger partial charge in [0.25, 0.3) is 5.56 Å². The number of rotatable bonds is 4. The largest absolute Gasteiger partial charge is 0.378 e. The van der Waals surface area contributed by atoms with Crippen LogP contribution >= 0.6 is 27.5 Å². The van der Waals surface area contributed by atoms with Crippen LogP contribution in [0.25, 0.3) is 0 Å². The summed E-state index contributed by atoms with van der Waals surface area (Å²) in [5, 5.41) is 0.0408. The van der Waals surface area contributed by atoms with E-state index in [4.69, 9.17) is 16.3 Å². The van der Waals surface area contributed by atoms with E-state index < -0.39 is 5.82 Å². The topological polar surface area (TPSA) is 55.0 Å². The highest BCUT2D eigenvalue weighted by Crippen LogP contribution is 2.20. The molecular weight excluding hydrogens is 351 g/mol. The van der Waals surface area contributed by atoms with Crippen molar-refractivity contribution in [2.24, 2.45) is 0 Å². The molecule has 0 aliphatic rings. The minimum absolute atomic E-state index is 0.0408. The van der Waals surface area contributed by atoms with Crippen LogP contribution in [0, 0.1) is 5.82 Å². The van der Waals surface area contributed by atoms with Crippen molar-refractivity contribution in [3.63, 3.8) is 0 Å². The lowest BCUT2D eigenvalue weighted by Crippen LogP contribution is -2.16. The van der Waals surface area contributed by atoms with Gasteiger partial charge in [0, 0.05) is 13.5 Å². The molecule has 0 fully saturated rings. The Balaban J connectivity index is 2.39. The molecule has 0 spiro atoms. The average molecular weight is 362 g/mol. The van der Waals surface area contributed by atoms with Crippen LogP contribution in [-0.4, -0.2) is 17.1 Å². The second-order valence-electron chi connectivity index (χ2n) is 4.10. The Labute approximate surface area is 128 Å². The van der Waals surface area contributed by atoms with Gasteiger partial charge in [0.05, 0.1) is 17.3 Å². The lowest BCUT2D eigenvalue weighted by molar-refractivity contribution is 0.180. The highest BCUT2D eigenvalue weighted by Gasteiger charge is 2.12. The van der Waals surface area contributed by atoms with Crippen LogP contribution in [0.2, 0.25) is 5.02 Å². The first-order valence-electron chi connectivity index (χ1n) is 5.72. The standard InChI is InChI=1S/C13H11BrClFN2O2/c1-20-6-9-11(14)13(19)18-10(17-9)5-7-3-2-4-8(15)12(7)16/h2-4H,5-6H2,1H3,(H,17,18,19). The van der Waals surface area contributed by atoms with E-state index in [1.54, 1.807) is 12.1 Å². The number of ether oxygens (including phenoxy) is 1. The normalized spacial score (nSPS) is 10.8. The van der Waals surface area contributed by atoms with E-state index in [2.05, 4.69) is 25.9 Å². The van der Waals surface area contributed by atoms with Crippen LogP contribution in [0.1, 0.15) is 17.1 Å². The van der Waals surface area contributed by atoms with E-state index >= 15 is 0 Å². The van der Waals surface area contributed by atoms with Gasteiger partial charge in [-0.2, -0.15) is 0 Å². The molecule has 20 heavy (non-hydrogen) atoms.